The molecule has 1 aliphatic rings. The summed E-state index contributed by atoms with van der Waals surface area (Å²) in [6, 6.07) is 5.56. The first-order chi connectivity index (χ1) is 13.2. The summed E-state index contributed by atoms with van der Waals surface area (Å²) in [5.41, 5.74) is -0.148. The molecule has 3 rings (SSSR count). The Morgan fingerprint density at radius 3 is 2.43 bits per heavy atom. The van der Waals surface area contributed by atoms with Gasteiger partial charge in [0.1, 0.15) is 0 Å². The van der Waals surface area contributed by atoms with Crippen molar-refractivity contribution in [3.8, 4) is 0 Å². The van der Waals surface area contributed by atoms with E-state index in [1.54, 1.807) is 6.92 Å². The molecule has 2 aromatic carbocycles. The minimum absolute atomic E-state index is 0.0292. The molecule has 1 fully saturated rings. The first-order valence-electron chi connectivity index (χ1n) is 8.35. The fourth-order valence-electron chi connectivity index (χ4n) is 2.75. The van der Waals surface area contributed by atoms with Crippen molar-refractivity contribution in [3.05, 3.63) is 58.9 Å². The van der Waals surface area contributed by atoms with Gasteiger partial charge in [0, 0.05) is 18.7 Å². The third kappa shape index (κ3) is 3.89. The van der Waals surface area contributed by atoms with Crippen LogP contribution in [-0.2, 0) is 14.8 Å². The predicted molar refractivity (Wildman–Crippen MR) is 95.0 cm³/mol. The first-order valence-corrected chi connectivity index (χ1v) is 9.79. The van der Waals surface area contributed by atoms with E-state index in [2.05, 4.69) is 5.32 Å². The summed E-state index contributed by atoms with van der Waals surface area (Å²) in [6.07, 6.45) is 0. The normalized spacial score (nSPS) is 15.4. The van der Waals surface area contributed by atoms with Crippen molar-refractivity contribution in [3.63, 3.8) is 0 Å². The molecule has 1 N–H and O–H groups in total. The SMILES string of the molecule is Cc1ccc(S(=O)(=O)N2CCOCC2)cc1C(=O)Nc1ccc(F)c(F)c1F. The van der Waals surface area contributed by atoms with Gasteiger partial charge in [0.2, 0.25) is 10.0 Å². The standard InChI is InChI=1S/C18H17F3N2O4S/c1-11-2-3-12(28(25,26)23-6-8-27-9-7-23)10-13(11)18(24)22-15-5-4-14(19)16(20)17(15)21/h2-5,10H,6-9H2,1H3,(H,22,24). The zero-order chi connectivity index (χ0) is 20.5. The number of ether oxygens (including phenoxy) is 1. The Kier molecular flexibility index (Phi) is 5.73. The van der Waals surface area contributed by atoms with Gasteiger partial charge in [0.15, 0.2) is 17.5 Å². The third-order valence-corrected chi connectivity index (χ3v) is 6.24. The maximum absolute atomic E-state index is 13.8. The molecule has 0 unspecified atom stereocenters. The summed E-state index contributed by atoms with van der Waals surface area (Å²) in [4.78, 5) is 12.4. The number of hydrogen-bond donors (Lipinski definition) is 1. The summed E-state index contributed by atoms with van der Waals surface area (Å²) in [5, 5.41) is 2.14. The number of halogens is 3. The van der Waals surface area contributed by atoms with Crippen LogP contribution in [0.1, 0.15) is 15.9 Å². The van der Waals surface area contributed by atoms with E-state index in [4.69, 9.17) is 4.74 Å². The number of hydrogen-bond acceptors (Lipinski definition) is 4. The molecule has 0 saturated carbocycles. The molecule has 0 spiro atoms. The van der Waals surface area contributed by atoms with Gasteiger partial charge in [-0.2, -0.15) is 4.31 Å². The Labute approximate surface area is 160 Å². The molecule has 0 aromatic heterocycles. The number of carbonyl (C=O) groups is 1. The summed E-state index contributed by atoms with van der Waals surface area (Å²) < 4.78 is 72.1. The van der Waals surface area contributed by atoms with Gasteiger partial charge in [-0.05, 0) is 36.8 Å². The quantitative estimate of drug-likeness (QED) is 0.781. The third-order valence-electron chi connectivity index (χ3n) is 4.34. The molecule has 0 aliphatic carbocycles. The Hall–Kier alpha value is -2.43. The van der Waals surface area contributed by atoms with E-state index < -0.39 is 39.1 Å². The van der Waals surface area contributed by atoms with Crippen LogP contribution in [0, 0.1) is 24.4 Å². The molecule has 1 heterocycles. The molecule has 150 valence electrons. The van der Waals surface area contributed by atoms with Crippen LogP contribution in [0.2, 0.25) is 0 Å². The highest BCUT2D eigenvalue weighted by atomic mass is 32.2. The highest BCUT2D eigenvalue weighted by molar-refractivity contribution is 7.89. The number of sulfonamides is 1. The number of benzene rings is 2. The maximum Gasteiger partial charge on any atom is 0.256 e. The second-order valence-corrected chi connectivity index (χ2v) is 8.11. The number of rotatable bonds is 4. The van der Waals surface area contributed by atoms with Crippen molar-refractivity contribution in [1.82, 2.24) is 4.31 Å². The molecule has 28 heavy (non-hydrogen) atoms. The molecular weight excluding hydrogens is 397 g/mol. The summed E-state index contributed by atoms with van der Waals surface area (Å²) in [6.45, 7) is 2.50. The number of nitrogens with one attached hydrogen (secondary N) is 1. The number of amides is 1. The lowest BCUT2D eigenvalue weighted by molar-refractivity contribution is 0.0730. The van der Waals surface area contributed by atoms with Crippen molar-refractivity contribution in [2.75, 3.05) is 31.6 Å². The van der Waals surface area contributed by atoms with Gasteiger partial charge in [0.25, 0.3) is 5.91 Å². The molecule has 1 aliphatic heterocycles. The van der Waals surface area contributed by atoms with Crippen molar-refractivity contribution in [1.29, 1.82) is 0 Å². The van der Waals surface area contributed by atoms with E-state index in [0.29, 0.717) is 11.6 Å². The average Bonchev–Trinajstić information content (AvgIpc) is 2.69. The van der Waals surface area contributed by atoms with Gasteiger partial charge in [-0.25, -0.2) is 21.6 Å². The molecule has 0 bridgehead atoms. The van der Waals surface area contributed by atoms with Crippen LogP contribution < -0.4 is 5.32 Å². The molecule has 0 atom stereocenters. The molecule has 2 aromatic rings. The molecule has 0 radical (unpaired) electrons. The molecular formula is C18H17F3N2O4S. The Morgan fingerprint density at radius 1 is 1.07 bits per heavy atom. The van der Waals surface area contributed by atoms with Crippen LogP contribution in [-0.4, -0.2) is 44.9 Å². The van der Waals surface area contributed by atoms with Crippen LogP contribution in [0.3, 0.4) is 0 Å². The van der Waals surface area contributed by atoms with Gasteiger partial charge in [-0.15, -0.1) is 0 Å². The van der Waals surface area contributed by atoms with Crippen molar-refractivity contribution < 1.29 is 31.1 Å². The lowest BCUT2D eigenvalue weighted by Gasteiger charge is -2.26. The van der Waals surface area contributed by atoms with E-state index in [0.717, 1.165) is 6.07 Å². The lowest BCUT2D eigenvalue weighted by Crippen LogP contribution is -2.40. The van der Waals surface area contributed by atoms with Gasteiger partial charge in [-0.3, -0.25) is 4.79 Å². The van der Waals surface area contributed by atoms with Gasteiger partial charge in [0.05, 0.1) is 23.8 Å². The average molecular weight is 414 g/mol. The zero-order valence-corrected chi connectivity index (χ0v) is 15.7. The van der Waals surface area contributed by atoms with Crippen molar-refractivity contribution >= 4 is 21.6 Å². The Morgan fingerprint density at radius 2 is 1.75 bits per heavy atom. The molecule has 1 amide bonds. The molecule has 6 nitrogen and oxygen atoms in total. The van der Waals surface area contributed by atoms with Crippen LogP contribution in [0.5, 0.6) is 0 Å². The van der Waals surface area contributed by atoms with Crippen LogP contribution in [0.15, 0.2) is 35.2 Å². The van der Waals surface area contributed by atoms with Gasteiger partial charge >= 0.3 is 0 Å². The highest BCUT2D eigenvalue weighted by Crippen LogP contribution is 2.23. The molecule has 10 heteroatoms. The van der Waals surface area contributed by atoms with E-state index >= 15 is 0 Å². The van der Waals surface area contributed by atoms with Crippen molar-refractivity contribution in [2.24, 2.45) is 0 Å². The van der Waals surface area contributed by atoms with E-state index in [1.165, 1.54) is 22.5 Å². The number of morpholine rings is 1. The second kappa shape index (κ2) is 7.90. The Balaban J connectivity index is 1.91. The summed E-state index contributed by atoms with van der Waals surface area (Å²) in [7, 11) is -3.84. The molecule has 1 saturated heterocycles. The van der Waals surface area contributed by atoms with Crippen LogP contribution >= 0.6 is 0 Å². The minimum atomic E-state index is -3.84. The maximum atomic E-state index is 13.8. The first kappa shape index (κ1) is 20.3. The summed E-state index contributed by atoms with van der Waals surface area (Å²) in [5.74, 6) is -5.48. The highest BCUT2D eigenvalue weighted by Gasteiger charge is 2.27. The number of carbonyl (C=O) groups excluding carboxylic acids is 1. The van der Waals surface area contributed by atoms with Gasteiger partial charge in [-0.1, -0.05) is 6.07 Å². The number of nitrogens with zero attached hydrogens (tertiary/aromatic N) is 1. The fraction of sp³-hybridized carbons (Fsp3) is 0.278. The summed E-state index contributed by atoms with van der Waals surface area (Å²) >= 11 is 0. The second-order valence-electron chi connectivity index (χ2n) is 6.17. The van der Waals surface area contributed by atoms with Crippen LogP contribution in [0.4, 0.5) is 18.9 Å². The van der Waals surface area contributed by atoms with E-state index in [-0.39, 0.29) is 36.8 Å². The smallest absolute Gasteiger partial charge is 0.256 e. The largest absolute Gasteiger partial charge is 0.379 e. The lowest BCUT2D eigenvalue weighted by atomic mass is 10.1. The van der Waals surface area contributed by atoms with E-state index in [9.17, 15) is 26.4 Å². The van der Waals surface area contributed by atoms with Gasteiger partial charge < -0.3 is 10.1 Å². The Bertz CT molecular complexity index is 1020. The number of anilines is 1. The number of aryl methyl sites for hydroxylation is 1. The van der Waals surface area contributed by atoms with E-state index in [1.807, 2.05) is 0 Å². The minimum Gasteiger partial charge on any atom is -0.379 e. The zero-order valence-electron chi connectivity index (χ0n) is 14.8. The fourth-order valence-corrected chi connectivity index (χ4v) is 4.19. The predicted octanol–water partition coefficient (Wildman–Crippen LogP) is 2.69. The van der Waals surface area contributed by atoms with Crippen LogP contribution in [0.25, 0.3) is 0 Å². The van der Waals surface area contributed by atoms with Crippen molar-refractivity contribution in [2.45, 2.75) is 11.8 Å². The topological polar surface area (TPSA) is 75.7 Å². The monoisotopic (exact) mass is 414 g/mol.